The first-order valence-electron chi connectivity index (χ1n) is 12.4. The summed E-state index contributed by atoms with van der Waals surface area (Å²) in [5.41, 5.74) is -2.12. The minimum atomic E-state index is -4.81. The largest absolute Gasteiger partial charge is 0.481 e. The molecule has 42 heavy (non-hydrogen) atoms. The number of nitrogens with zero attached hydrogens (tertiary/aromatic N) is 2. The minimum Gasteiger partial charge on any atom is -0.481 e. The van der Waals surface area contributed by atoms with Crippen molar-refractivity contribution >= 4 is 21.7 Å². The molecule has 0 aromatic heterocycles. The van der Waals surface area contributed by atoms with Gasteiger partial charge in [-0.2, -0.15) is 22.0 Å². The summed E-state index contributed by atoms with van der Waals surface area (Å²) in [6.07, 6.45) is -4.97. The number of hydrogen-bond acceptors (Lipinski definition) is 6. The molecule has 3 aromatic rings. The van der Waals surface area contributed by atoms with Crippen LogP contribution in [0.5, 0.6) is 11.5 Å². The number of carboxylic acid groups (broad SMARTS) is 1. The molecule has 2 heterocycles. The molecular formula is C27H22F6N2O6S. The molecule has 0 radical (unpaired) electrons. The van der Waals surface area contributed by atoms with Crippen LogP contribution in [-0.2, 0) is 21.0 Å². The molecule has 5 rings (SSSR count). The summed E-state index contributed by atoms with van der Waals surface area (Å²) in [5, 5.41) is 8.97. The predicted molar refractivity (Wildman–Crippen MR) is 136 cm³/mol. The van der Waals surface area contributed by atoms with E-state index in [2.05, 4.69) is 4.74 Å². The van der Waals surface area contributed by atoms with Crippen molar-refractivity contribution in [2.75, 3.05) is 30.5 Å². The molecule has 1 fully saturated rings. The molecule has 3 aromatic carbocycles. The Bertz CT molecular complexity index is 1630. The number of carbonyl (C=O) groups is 1. The fraction of sp³-hybridized carbons (Fsp3) is 0.296. The number of sulfonamides is 1. The number of anilines is 1. The van der Waals surface area contributed by atoms with Crippen molar-refractivity contribution in [3.63, 3.8) is 0 Å². The predicted octanol–water partition coefficient (Wildman–Crippen LogP) is 5.23. The van der Waals surface area contributed by atoms with E-state index in [4.69, 9.17) is 9.84 Å². The van der Waals surface area contributed by atoms with Gasteiger partial charge >= 0.3 is 18.8 Å². The number of alkyl halides is 5. The first kappa shape index (κ1) is 29.5. The van der Waals surface area contributed by atoms with Crippen LogP contribution in [0.2, 0.25) is 0 Å². The van der Waals surface area contributed by atoms with Crippen molar-refractivity contribution in [1.29, 1.82) is 0 Å². The van der Waals surface area contributed by atoms with E-state index in [9.17, 15) is 39.6 Å². The number of benzene rings is 3. The van der Waals surface area contributed by atoms with Crippen LogP contribution in [0.1, 0.15) is 12.0 Å². The van der Waals surface area contributed by atoms with Gasteiger partial charge in [0.25, 0.3) is 10.0 Å². The normalized spacial score (nSPS) is 16.6. The average molecular weight is 617 g/mol. The van der Waals surface area contributed by atoms with E-state index in [0.29, 0.717) is 6.07 Å². The molecule has 0 atom stereocenters. The number of hydrogen-bond donors (Lipinski definition) is 1. The van der Waals surface area contributed by atoms with Crippen LogP contribution >= 0.6 is 0 Å². The van der Waals surface area contributed by atoms with Gasteiger partial charge in [-0.25, -0.2) is 12.8 Å². The van der Waals surface area contributed by atoms with Crippen molar-refractivity contribution in [3.05, 3.63) is 72.0 Å². The van der Waals surface area contributed by atoms with Crippen molar-refractivity contribution in [2.24, 2.45) is 0 Å². The molecule has 0 amide bonds. The monoisotopic (exact) mass is 616 g/mol. The smallest absolute Gasteiger partial charge is 0.416 e. The van der Waals surface area contributed by atoms with Crippen molar-refractivity contribution < 1.29 is 54.1 Å². The van der Waals surface area contributed by atoms with Gasteiger partial charge in [-0.3, -0.25) is 14.0 Å². The molecule has 8 nitrogen and oxygen atoms in total. The van der Waals surface area contributed by atoms with Crippen LogP contribution in [0.15, 0.2) is 65.6 Å². The van der Waals surface area contributed by atoms with Gasteiger partial charge in [-0.05, 0) is 53.6 Å². The molecule has 2 aliphatic rings. The third-order valence-electron chi connectivity index (χ3n) is 6.83. The second-order valence-electron chi connectivity index (χ2n) is 9.91. The maximum Gasteiger partial charge on any atom is 0.416 e. The van der Waals surface area contributed by atoms with Gasteiger partial charge in [-0.15, -0.1) is 0 Å². The zero-order valence-electron chi connectivity index (χ0n) is 21.4. The maximum absolute atomic E-state index is 14.2. The molecule has 224 valence electrons. The molecule has 1 spiro atoms. The number of carboxylic acids is 1. The van der Waals surface area contributed by atoms with Gasteiger partial charge < -0.3 is 14.6 Å². The lowest BCUT2D eigenvalue weighted by atomic mass is 9.91. The highest BCUT2D eigenvalue weighted by Crippen LogP contribution is 2.45. The van der Waals surface area contributed by atoms with Crippen molar-refractivity contribution in [3.8, 4) is 22.6 Å². The second-order valence-corrected chi connectivity index (χ2v) is 11.8. The Kier molecular flexibility index (Phi) is 7.51. The van der Waals surface area contributed by atoms with Crippen LogP contribution < -0.4 is 13.8 Å². The zero-order chi connectivity index (χ0) is 30.4. The molecule has 1 N–H and O–H groups in total. The van der Waals surface area contributed by atoms with E-state index in [0.717, 1.165) is 40.7 Å². The summed E-state index contributed by atoms with van der Waals surface area (Å²) in [6, 6.07) is 10.3. The third-order valence-corrected chi connectivity index (χ3v) is 8.59. The number of likely N-dealkylation sites (tertiary alicyclic amines) is 1. The number of fused-ring (bicyclic) bond motifs is 1. The van der Waals surface area contributed by atoms with E-state index >= 15 is 0 Å². The summed E-state index contributed by atoms with van der Waals surface area (Å²) in [7, 11) is -4.64. The maximum atomic E-state index is 14.2. The Morgan fingerprint density at radius 1 is 1.02 bits per heavy atom. The number of halogens is 6. The topological polar surface area (TPSA) is 96.4 Å². The fourth-order valence-corrected chi connectivity index (χ4v) is 6.60. The van der Waals surface area contributed by atoms with E-state index < -0.39 is 56.4 Å². The zero-order valence-corrected chi connectivity index (χ0v) is 22.3. The van der Waals surface area contributed by atoms with Crippen LogP contribution in [0.3, 0.4) is 0 Å². The highest BCUT2D eigenvalue weighted by atomic mass is 32.2. The van der Waals surface area contributed by atoms with Gasteiger partial charge in [0.05, 0.1) is 29.1 Å². The standard InChI is InChI=1S/C27H22F6N2O6S/c28-19-8-17(9-20(12-19)40-25(29)30)16-4-5-23-22(10-16)35(15-26(41-23)13-34(14-26)7-6-24(36)37)42(38,39)21-3-1-2-18(11-21)27(31,32)33/h1-5,8-12,25H,6-7,13-15H2,(H,36,37). The van der Waals surface area contributed by atoms with Crippen LogP contribution in [-0.4, -0.2) is 62.8 Å². The molecule has 0 unspecified atom stereocenters. The Balaban J connectivity index is 1.57. The highest BCUT2D eigenvalue weighted by molar-refractivity contribution is 7.92. The summed E-state index contributed by atoms with van der Waals surface area (Å²) in [4.78, 5) is 12.1. The Morgan fingerprint density at radius 2 is 1.76 bits per heavy atom. The number of aliphatic carboxylic acids is 1. The van der Waals surface area contributed by atoms with E-state index in [1.54, 1.807) is 4.90 Å². The summed E-state index contributed by atoms with van der Waals surface area (Å²) in [6.45, 7) is -3.08. The Labute approximate surface area is 235 Å². The highest BCUT2D eigenvalue weighted by Gasteiger charge is 2.52. The van der Waals surface area contributed by atoms with Crippen molar-refractivity contribution in [1.82, 2.24) is 4.90 Å². The van der Waals surface area contributed by atoms with E-state index in [1.807, 2.05) is 0 Å². The van der Waals surface area contributed by atoms with Crippen LogP contribution in [0, 0.1) is 5.82 Å². The second kappa shape index (κ2) is 10.7. The lowest BCUT2D eigenvalue weighted by molar-refractivity contribution is -0.139. The van der Waals surface area contributed by atoms with Gasteiger partial charge in [0.15, 0.2) is 5.60 Å². The molecule has 0 aliphatic carbocycles. The Hall–Kier alpha value is -3.98. The molecule has 1 saturated heterocycles. The molecule has 0 bridgehead atoms. The lowest BCUT2D eigenvalue weighted by Gasteiger charge is -2.54. The molecular weight excluding hydrogens is 594 g/mol. The number of ether oxygens (including phenoxy) is 2. The molecule has 2 aliphatic heterocycles. The minimum absolute atomic E-state index is 0.0545. The third kappa shape index (κ3) is 5.97. The molecule has 0 saturated carbocycles. The lowest BCUT2D eigenvalue weighted by Crippen LogP contribution is -2.71. The number of rotatable bonds is 8. The van der Waals surface area contributed by atoms with Crippen molar-refractivity contribution in [2.45, 2.75) is 29.7 Å². The van der Waals surface area contributed by atoms with Gasteiger partial charge in [-0.1, -0.05) is 12.1 Å². The first-order chi connectivity index (χ1) is 19.6. The average Bonchev–Trinajstić information content (AvgIpc) is 2.88. The van der Waals surface area contributed by atoms with Crippen LogP contribution in [0.4, 0.5) is 32.0 Å². The quantitative estimate of drug-likeness (QED) is 0.347. The summed E-state index contributed by atoms with van der Waals surface area (Å²) < 4.78 is 119. The van der Waals surface area contributed by atoms with Crippen LogP contribution in [0.25, 0.3) is 11.1 Å². The van der Waals surface area contributed by atoms with Gasteiger partial charge in [0.2, 0.25) is 0 Å². The molecule has 15 heteroatoms. The Morgan fingerprint density at radius 3 is 2.43 bits per heavy atom. The van der Waals surface area contributed by atoms with E-state index in [-0.39, 0.29) is 55.2 Å². The summed E-state index contributed by atoms with van der Waals surface area (Å²) >= 11 is 0. The first-order valence-corrected chi connectivity index (χ1v) is 13.8. The fourth-order valence-electron chi connectivity index (χ4n) is 5.01. The summed E-state index contributed by atoms with van der Waals surface area (Å²) in [5.74, 6) is -2.34. The van der Waals surface area contributed by atoms with Gasteiger partial charge in [0, 0.05) is 25.7 Å². The SMILES string of the molecule is O=C(O)CCN1CC2(C1)CN(S(=O)(=O)c1cccc(C(F)(F)F)c1)c1cc(-c3cc(F)cc(OC(F)F)c3)ccc1O2. The van der Waals surface area contributed by atoms with E-state index in [1.165, 1.54) is 18.2 Å². The van der Waals surface area contributed by atoms with Gasteiger partial charge in [0.1, 0.15) is 17.3 Å².